The summed E-state index contributed by atoms with van der Waals surface area (Å²) in [6.45, 7) is 1.49. The maximum Gasteiger partial charge on any atom is 0.417 e. The molecule has 4 nitrogen and oxygen atoms in total. The lowest BCUT2D eigenvalue weighted by molar-refractivity contribution is -0.137. The summed E-state index contributed by atoms with van der Waals surface area (Å²) in [5.74, 6) is -3.55. The van der Waals surface area contributed by atoms with Gasteiger partial charge in [-0.25, -0.2) is 8.78 Å². The highest BCUT2D eigenvalue weighted by Gasteiger charge is 2.38. The second-order valence-corrected chi connectivity index (χ2v) is 7.60. The van der Waals surface area contributed by atoms with Gasteiger partial charge in [0.25, 0.3) is 0 Å². The van der Waals surface area contributed by atoms with Gasteiger partial charge in [0.2, 0.25) is 11.8 Å². The van der Waals surface area contributed by atoms with Crippen molar-refractivity contribution in [1.82, 2.24) is 4.98 Å². The Balaban J connectivity index is 1.72. The standard InChI is InChI=1S/C21H22F5N3O/c1-12-17(16(8-11-28-12)21(24,25)26)13-2-4-15(5-3-13)29-19(30)18(27)14-6-9-20(22,23)10-7-14/h2-5,8,11,14,18H,6-7,9-10,27H2,1H3,(H,29,30)/t18-/m0/s1. The largest absolute Gasteiger partial charge is 0.417 e. The summed E-state index contributed by atoms with van der Waals surface area (Å²) in [5.41, 5.74) is 6.03. The average molecular weight is 427 g/mol. The quantitative estimate of drug-likeness (QED) is 0.662. The molecule has 1 saturated carbocycles. The fourth-order valence-corrected chi connectivity index (χ4v) is 3.75. The number of hydrogen-bond acceptors (Lipinski definition) is 3. The zero-order valence-electron chi connectivity index (χ0n) is 16.3. The van der Waals surface area contributed by atoms with Crippen LogP contribution < -0.4 is 11.1 Å². The van der Waals surface area contributed by atoms with Crippen LogP contribution >= 0.6 is 0 Å². The van der Waals surface area contributed by atoms with Crippen molar-refractivity contribution in [3.63, 3.8) is 0 Å². The maximum absolute atomic E-state index is 13.3. The highest BCUT2D eigenvalue weighted by Crippen LogP contribution is 2.39. The molecule has 1 amide bonds. The van der Waals surface area contributed by atoms with Crippen molar-refractivity contribution in [3.05, 3.63) is 47.8 Å². The van der Waals surface area contributed by atoms with E-state index >= 15 is 0 Å². The molecule has 1 atom stereocenters. The number of hydrogen-bond donors (Lipinski definition) is 2. The molecule has 0 radical (unpaired) electrons. The minimum atomic E-state index is -4.53. The van der Waals surface area contributed by atoms with Gasteiger partial charge in [-0.3, -0.25) is 9.78 Å². The zero-order valence-corrected chi connectivity index (χ0v) is 16.3. The average Bonchev–Trinajstić information content (AvgIpc) is 2.67. The topological polar surface area (TPSA) is 68.0 Å². The number of halogens is 5. The second kappa shape index (κ2) is 8.29. The number of aryl methyl sites for hydroxylation is 1. The van der Waals surface area contributed by atoms with Crippen LogP contribution in [0.15, 0.2) is 36.5 Å². The molecule has 9 heteroatoms. The minimum absolute atomic E-state index is 0.0253. The number of alkyl halides is 5. The van der Waals surface area contributed by atoms with E-state index in [-0.39, 0.29) is 42.9 Å². The summed E-state index contributed by atoms with van der Waals surface area (Å²) in [7, 11) is 0. The molecule has 0 spiro atoms. The van der Waals surface area contributed by atoms with Crippen LogP contribution in [0.4, 0.5) is 27.6 Å². The third-order valence-electron chi connectivity index (χ3n) is 5.46. The number of aromatic nitrogens is 1. The number of carbonyl (C=O) groups excluding carboxylic acids is 1. The van der Waals surface area contributed by atoms with Gasteiger partial charge in [-0.1, -0.05) is 12.1 Å². The smallest absolute Gasteiger partial charge is 0.325 e. The van der Waals surface area contributed by atoms with Crippen LogP contribution in [-0.4, -0.2) is 22.9 Å². The fourth-order valence-electron chi connectivity index (χ4n) is 3.75. The van der Waals surface area contributed by atoms with Crippen molar-refractivity contribution in [1.29, 1.82) is 0 Å². The lowest BCUT2D eigenvalue weighted by Crippen LogP contribution is -2.44. The van der Waals surface area contributed by atoms with E-state index in [1.165, 1.54) is 31.2 Å². The molecule has 0 saturated heterocycles. The van der Waals surface area contributed by atoms with E-state index in [1.807, 2.05) is 0 Å². The van der Waals surface area contributed by atoms with E-state index in [9.17, 15) is 26.7 Å². The molecular formula is C21H22F5N3O. The van der Waals surface area contributed by atoms with Gasteiger partial charge in [-0.15, -0.1) is 0 Å². The maximum atomic E-state index is 13.3. The molecule has 1 heterocycles. The van der Waals surface area contributed by atoms with Gasteiger partial charge in [0.1, 0.15) is 0 Å². The Hall–Kier alpha value is -2.55. The molecular weight excluding hydrogens is 405 g/mol. The lowest BCUT2D eigenvalue weighted by atomic mass is 9.82. The molecule has 0 bridgehead atoms. The fraction of sp³-hybridized carbons (Fsp3) is 0.429. The van der Waals surface area contributed by atoms with Gasteiger partial charge in [-0.05, 0) is 49.4 Å². The van der Waals surface area contributed by atoms with Gasteiger partial charge in [0.15, 0.2) is 0 Å². The van der Waals surface area contributed by atoms with Crippen LogP contribution in [0.3, 0.4) is 0 Å². The number of anilines is 1. The second-order valence-electron chi connectivity index (χ2n) is 7.60. The van der Waals surface area contributed by atoms with Gasteiger partial charge in [0.05, 0.1) is 11.6 Å². The van der Waals surface area contributed by atoms with E-state index in [0.29, 0.717) is 11.3 Å². The first-order valence-electron chi connectivity index (χ1n) is 9.55. The Kier molecular flexibility index (Phi) is 6.12. The summed E-state index contributed by atoms with van der Waals surface area (Å²) >= 11 is 0. The summed E-state index contributed by atoms with van der Waals surface area (Å²) in [4.78, 5) is 16.3. The molecule has 3 N–H and O–H groups in total. The number of nitrogens with two attached hydrogens (primary N) is 1. The molecule has 162 valence electrons. The summed E-state index contributed by atoms with van der Waals surface area (Å²) in [5, 5.41) is 2.61. The van der Waals surface area contributed by atoms with E-state index in [4.69, 9.17) is 5.73 Å². The number of pyridine rings is 1. The van der Waals surface area contributed by atoms with Crippen molar-refractivity contribution >= 4 is 11.6 Å². The van der Waals surface area contributed by atoms with Gasteiger partial charge < -0.3 is 11.1 Å². The molecule has 0 aliphatic heterocycles. The predicted octanol–water partition coefficient (Wildman–Crippen LogP) is 5.17. The van der Waals surface area contributed by atoms with Crippen LogP contribution in [0.25, 0.3) is 11.1 Å². The normalized spacial score (nSPS) is 18.1. The van der Waals surface area contributed by atoms with Crippen molar-refractivity contribution in [3.8, 4) is 11.1 Å². The number of rotatable bonds is 4. The highest BCUT2D eigenvalue weighted by molar-refractivity contribution is 5.95. The van der Waals surface area contributed by atoms with E-state index in [0.717, 1.165) is 12.3 Å². The monoisotopic (exact) mass is 427 g/mol. The Morgan fingerprint density at radius 2 is 1.77 bits per heavy atom. The summed E-state index contributed by atoms with van der Waals surface area (Å²) in [6, 6.07) is 5.86. The van der Waals surface area contributed by atoms with E-state index < -0.39 is 29.6 Å². The van der Waals surface area contributed by atoms with Crippen molar-refractivity contribution in [2.24, 2.45) is 11.7 Å². The Bertz CT molecular complexity index is 902. The first-order chi connectivity index (χ1) is 14.0. The molecule has 3 rings (SSSR count). The molecule has 2 aromatic rings. The Morgan fingerprint density at radius 3 is 2.33 bits per heavy atom. The minimum Gasteiger partial charge on any atom is -0.325 e. The molecule has 0 unspecified atom stereocenters. The van der Waals surface area contributed by atoms with Crippen molar-refractivity contribution in [2.75, 3.05) is 5.32 Å². The van der Waals surface area contributed by atoms with Crippen molar-refractivity contribution in [2.45, 2.75) is 50.7 Å². The first kappa shape index (κ1) is 22.1. The number of amides is 1. The van der Waals surface area contributed by atoms with Crippen LogP contribution in [0.5, 0.6) is 0 Å². The van der Waals surface area contributed by atoms with Crippen LogP contribution in [-0.2, 0) is 11.0 Å². The van der Waals surface area contributed by atoms with E-state index in [2.05, 4.69) is 10.3 Å². The first-order valence-corrected chi connectivity index (χ1v) is 9.55. The third-order valence-corrected chi connectivity index (χ3v) is 5.46. The highest BCUT2D eigenvalue weighted by atomic mass is 19.4. The third kappa shape index (κ3) is 4.95. The zero-order chi connectivity index (χ0) is 22.1. The summed E-state index contributed by atoms with van der Waals surface area (Å²) in [6.07, 6.45) is -3.67. The molecule has 1 aromatic heterocycles. The number of nitrogens with zero attached hydrogens (tertiary/aromatic N) is 1. The molecule has 1 aliphatic carbocycles. The summed E-state index contributed by atoms with van der Waals surface area (Å²) < 4.78 is 66.6. The van der Waals surface area contributed by atoms with Gasteiger partial charge in [-0.2, -0.15) is 13.2 Å². The Labute approximate surface area is 170 Å². The predicted molar refractivity (Wildman–Crippen MR) is 103 cm³/mol. The number of nitrogens with one attached hydrogen (secondary N) is 1. The van der Waals surface area contributed by atoms with Crippen LogP contribution in [0.2, 0.25) is 0 Å². The van der Waals surface area contributed by atoms with Gasteiger partial charge in [0, 0.05) is 36.0 Å². The molecule has 1 aliphatic rings. The van der Waals surface area contributed by atoms with Crippen LogP contribution in [0.1, 0.15) is 36.9 Å². The molecule has 1 fully saturated rings. The molecule has 1 aromatic carbocycles. The molecule has 30 heavy (non-hydrogen) atoms. The number of benzene rings is 1. The van der Waals surface area contributed by atoms with Gasteiger partial charge >= 0.3 is 6.18 Å². The van der Waals surface area contributed by atoms with Crippen LogP contribution in [0, 0.1) is 12.8 Å². The van der Waals surface area contributed by atoms with E-state index in [1.54, 1.807) is 0 Å². The lowest BCUT2D eigenvalue weighted by Gasteiger charge is -2.31. The number of carbonyl (C=O) groups is 1. The Morgan fingerprint density at radius 1 is 1.17 bits per heavy atom. The van der Waals surface area contributed by atoms with Crippen molar-refractivity contribution < 1.29 is 26.7 Å². The SMILES string of the molecule is Cc1nccc(C(F)(F)F)c1-c1ccc(NC(=O)[C@@H](N)C2CCC(F)(F)CC2)cc1.